The summed E-state index contributed by atoms with van der Waals surface area (Å²) in [6.07, 6.45) is 5.28. The van der Waals surface area contributed by atoms with Gasteiger partial charge in [0.2, 0.25) is 0 Å². The number of pyridine rings is 1. The SMILES string of the molecule is Cc1ccc(NC(=O)c2cccc(C(C)(C)C#N)c2)cc1-c1cc(-c2ccnc(C(=O)NC3CC3)c2)cnn1. The highest BCUT2D eigenvalue weighted by Gasteiger charge is 2.24. The molecule has 2 amide bonds. The molecule has 0 atom stereocenters. The summed E-state index contributed by atoms with van der Waals surface area (Å²) < 4.78 is 0. The molecule has 4 aromatic rings. The summed E-state index contributed by atoms with van der Waals surface area (Å²) >= 11 is 0. The molecular formula is C31H28N6O2. The van der Waals surface area contributed by atoms with Crippen LogP contribution in [0.3, 0.4) is 0 Å². The molecule has 8 nitrogen and oxygen atoms in total. The highest BCUT2D eigenvalue weighted by molar-refractivity contribution is 6.04. The number of hydrogen-bond donors (Lipinski definition) is 2. The van der Waals surface area contributed by atoms with E-state index in [9.17, 15) is 14.9 Å². The number of benzene rings is 2. The van der Waals surface area contributed by atoms with Crippen molar-refractivity contribution >= 4 is 17.5 Å². The zero-order chi connectivity index (χ0) is 27.6. The molecule has 194 valence electrons. The Morgan fingerprint density at radius 3 is 2.59 bits per heavy atom. The van der Waals surface area contributed by atoms with Gasteiger partial charge >= 0.3 is 0 Å². The zero-order valence-electron chi connectivity index (χ0n) is 22.0. The van der Waals surface area contributed by atoms with Gasteiger partial charge in [-0.15, -0.1) is 0 Å². The first-order valence-electron chi connectivity index (χ1n) is 12.8. The predicted molar refractivity (Wildman–Crippen MR) is 149 cm³/mol. The molecule has 2 heterocycles. The van der Waals surface area contributed by atoms with Gasteiger partial charge in [0.1, 0.15) is 5.69 Å². The van der Waals surface area contributed by atoms with Crippen LogP contribution in [0, 0.1) is 18.3 Å². The highest BCUT2D eigenvalue weighted by atomic mass is 16.2. The molecule has 0 aliphatic heterocycles. The Kier molecular flexibility index (Phi) is 6.90. The Hall–Kier alpha value is -4.90. The smallest absolute Gasteiger partial charge is 0.270 e. The number of nitrogens with zero attached hydrogens (tertiary/aromatic N) is 4. The van der Waals surface area contributed by atoms with E-state index in [0.29, 0.717) is 22.6 Å². The van der Waals surface area contributed by atoms with Crippen molar-refractivity contribution in [2.24, 2.45) is 0 Å². The molecule has 2 N–H and O–H groups in total. The van der Waals surface area contributed by atoms with Crippen molar-refractivity contribution in [2.75, 3.05) is 5.32 Å². The van der Waals surface area contributed by atoms with Crippen LogP contribution in [-0.4, -0.2) is 33.0 Å². The first-order valence-corrected chi connectivity index (χ1v) is 12.8. The average molecular weight is 517 g/mol. The van der Waals surface area contributed by atoms with E-state index in [4.69, 9.17) is 0 Å². The minimum Gasteiger partial charge on any atom is -0.348 e. The van der Waals surface area contributed by atoms with Gasteiger partial charge in [0.05, 0.1) is 23.4 Å². The summed E-state index contributed by atoms with van der Waals surface area (Å²) in [5.74, 6) is -0.448. The van der Waals surface area contributed by atoms with Gasteiger partial charge in [-0.25, -0.2) is 0 Å². The van der Waals surface area contributed by atoms with Crippen molar-refractivity contribution in [3.63, 3.8) is 0 Å². The predicted octanol–water partition coefficient (Wildman–Crippen LogP) is 5.46. The van der Waals surface area contributed by atoms with Crippen LogP contribution in [0.4, 0.5) is 5.69 Å². The number of nitrogens with one attached hydrogen (secondary N) is 2. The molecule has 1 saturated carbocycles. The second-order valence-electron chi connectivity index (χ2n) is 10.3. The Balaban J connectivity index is 1.39. The average Bonchev–Trinajstić information content (AvgIpc) is 3.78. The quantitative estimate of drug-likeness (QED) is 0.336. The van der Waals surface area contributed by atoms with Gasteiger partial charge in [-0.3, -0.25) is 14.6 Å². The number of aryl methyl sites for hydroxylation is 1. The molecular weight excluding hydrogens is 488 g/mol. The molecule has 39 heavy (non-hydrogen) atoms. The van der Waals surface area contributed by atoms with Crippen LogP contribution in [-0.2, 0) is 5.41 Å². The van der Waals surface area contributed by atoms with Gasteiger partial charge in [0.25, 0.3) is 11.8 Å². The second-order valence-corrected chi connectivity index (χ2v) is 10.3. The third-order valence-corrected chi connectivity index (χ3v) is 6.79. The molecule has 0 spiro atoms. The molecule has 5 rings (SSSR count). The molecule has 0 radical (unpaired) electrons. The highest BCUT2D eigenvalue weighted by Crippen LogP contribution is 2.29. The van der Waals surface area contributed by atoms with Gasteiger partial charge < -0.3 is 10.6 Å². The molecule has 1 aliphatic rings. The summed E-state index contributed by atoms with van der Waals surface area (Å²) in [5.41, 5.74) is 5.56. The summed E-state index contributed by atoms with van der Waals surface area (Å²) in [6.45, 7) is 5.61. The third kappa shape index (κ3) is 5.83. The van der Waals surface area contributed by atoms with E-state index < -0.39 is 5.41 Å². The minimum atomic E-state index is -0.701. The Morgan fingerprint density at radius 1 is 1.00 bits per heavy atom. The first-order chi connectivity index (χ1) is 18.7. The van der Waals surface area contributed by atoms with Crippen molar-refractivity contribution in [3.05, 3.63) is 95.4 Å². The van der Waals surface area contributed by atoms with Crippen LogP contribution in [0.25, 0.3) is 22.4 Å². The fourth-order valence-corrected chi connectivity index (χ4v) is 4.17. The number of nitriles is 1. The maximum Gasteiger partial charge on any atom is 0.270 e. The number of hydrogen-bond acceptors (Lipinski definition) is 6. The number of amides is 2. The van der Waals surface area contributed by atoms with Crippen molar-refractivity contribution in [3.8, 4) is 28.5 Å². The van der Waals surface area contributed by atoms with E-state index in [0.717, 1.165) is 40.7 Å². The molecule has 2 aromatic carbocycles. The van der Waals surface area contributed by atoms with E-state index in [1.54, 1.807) is 36.7 Å². The number of carbonyl (C=O) groups excluding carboxylic acids is 2. The topological polar surface area (TPSA) is 121 Å². The Morgan fingerprint density at radius 2 is 1.82 bits per heavy atom. The molecule has 0 unspecified atom stereocenters. The van der Waals surface area contributed by atoms with Gasteiger partial charge in [-0.1, -0.05) is 18.2 Å². The van der Waals surface area contributed by atoms with Crippen LogP contribution in [0.1, 0.15) is 58.7 Å². The van der Waals surface area contributed by atoms with Gasteiger partial charge in [-0.05, 0) is 92.8 Å². The van der Waals surface area contributed by atoms with Crippen LogP contribution >= 0.6 is 0 Å². The first kappa shape index (κ1) is 25.7. The Bertz CT molecular complexity index is 1620. The monoisotopic (exact) mass is 516 g/mol. The maximum absolute atomic E-state index is 13.1. The summed E-state index contributed by atoms with van der Waals surface area (Å²) in [6, 6.07) is 20.7. The normalized spacial score (nSPS) is 12.9. The van der Waals surface area contributed by atoms with Crippen LogP contribution in [0.15, 0.2) is 73.1 Å². The lowest BCUT2D eigenvalue weighted by Gasteiger charge is -2.16. The molecule has 0 bridgehead atoms. The number of rotatable bonds is 7. The standard InChI is InChI=1S/C31H28N6O2/c1-19-7-8-25(36-29(38)21-5-4-6-23(13-21)31(2,3)18-32)16-26(19)27-15-22(17-34-37-27)20-11-12-33-28(14-20)30(39)35-24-9-10-24/h4-8,11-17,24H,9-10H2,1-3H3,(H,35,39)(H,36,38). The van der Waals surface area contributed by atoms with Crippen molar-refractivity contribution in [1.29, 1.82) is 5.26 Å². The van der Waals surface area contributed by atoms with Crippen LogP contribution in [0.2, 0.25) is 0 Å². The van der Waals surface area contributed by atoms with E-state index in [2.05, 4.69) is 31.9 Å². The van der Waals surface area contributed by atoms with E-state index in [1.165, 1.54) is 0 Å². The molecule has 0 saturated heterocycles. The number of carbonyl (C=O) groups is 2. The lowest BCUT2D eigenvalue weighted by molar-refractivity contribution is 0.0945. The third-order valence-electron chi connectivity index (χ3n) is 6.79. The van der Waals surface area contributed by atoms with E-state index >= 15 is 0 Å². The molecule has 2 aromatic heterocycles. The van der Waals surface area contributed by atoms with E-state index in [-0.39, 0.29) is 17.9 Å². The van der Waals surface area contributed by atoms with Crippen LogP contribution < -0.4 is 10.6 Å². The van der Waals surface area contributed by atoms with Crippen LogP contribution in [0.5, 0.6) is 0 Å². The summed E-state index contributed by atoms with van der Waals surface area (Å²) in [5, 5.41) is 23.9. The van der Waals surface area contributed by atoms with Crippen molar-refractivity contribution in [2.45, 2.75) is 45.1 Å². The van der Waals surface area contributed by atoms with Crippen molar-refractivity contribution < 1.29 is 9.59 Å². The lowest BCUT2D eigenvalue weighted by Crippen LogP contribution is -2.26. The van der Waals surface area contributed by atoms with Gasteiger partial charge in [0, 0.05) is 34.6 Å². The lowest BCUT2D eigenvalue weighted by atomic mass is 9.85. The Labute approximate surface area is 227 Å². The molecule has 1 fully saturated rings. The van der Waals surface area contributed by atoms with E-state index in [1.807, 2.05) is 57.2 Å². The zero-order valence-corrected chi connectivity index (χ0v) is 22.0. The molecule has 1 aliphatic carbocycles. The largest absolute Gasteiger partial charge is 0.348 e. The van der Waals surface area contributed by atoms with Gasteiger partial charge in [-0.2, -0.15) is 15.5 Å². The summed E-state index contributed by atoms with van der Waals surface area (Å²) in [7, 11) is 0. The van der Waals surface area contributed by atoms with Crippen molar-refractivity contribution in [1.82, 2.24) is 20.5 Å². The maximum atomic E-state index is 13.1. The number of anilines is 1. The minimum absolute atomic E-state index is 0.178. The fraction of sp³-hybridized carbons (Fsp3) is 0.226. The molecule has 8 heteroatoms. The number of aromatic nitrogens is 3. The fourth-order valence-electron chi connectivity index (χ4n) is 4.17. The summed E-state index contributed by atoms with van der Waals surface area (Å²) in [4.78, 5) is 29.7. The second kappa shape index (κ2) is 10.5. The van der Waals surface area contributed by atoms with Gasteiger partial charge in [0.15, 0.2) is 0 Å².